The zero-order valence-corrected chi connectivity index (χ0v) is 11.6. The molecule has 0 aliphatic heterocycles. The van der Waals surface area contributed by atoms with Gasteiger partial charge in [0.2, 0.25) is 10.0 Å². The van der Waals surface area contributed by atoms with E-state index < -0.39 is 10.0 Å². The third-order valence-corrected chi connectivity index (χ3v) is 3.98. The van der Waals surface area contributed by atoms with Crippen LogP contribution in [0, 0.1) is 0 Å². The van der Waals surface area contributed by atoms with Gasteiger partial charge in [-0.25, -0.2) is 8.42 Å². The van der Waals surface area contributed by atoms with Gasteiger partial charge in [-0.2, -0.15) is 0 Å². The van der Waals surface area contributed by atoms with Crippen LogP contribution < -0.4 is 10.0 Å². The zero-order valence-electron chi connectivity index (χ0n) is 10.8. The summed E-state index contributed by atoms with van der Waals surface area (Å²) in [4.78, 5) is 4.20. The molecule has 0 unspecified atom stereocenters. The number of aromatic nitrogens is 1. The summed E-state index contributed by atoms with van der Waals surface area (Å²) in [6, 6.07) is 9.03. The third kappa shape index (κ3) is 3.65. The minimum absolute atomic E-state index is 0.0531. The largest absolute Gasteiger partial charge is 0.316 e. The normalized spacial score (nSPS) is 11.6. The average molecular weight is 279 g/mol. The third-order valence-electron chi connectivity index (χ3n) is 2.71. The first kappa shape index (κ1) is 13.8. The van der Waals surface area contributed by atoms with Crippen molar-refractivity contribution < 1.29 is 8.42 Å². The Labute approximate surface area is 113 Å². The molecule has 0 saturated heterocycles. The molecule has 0 atom stereocenters. The molecule has 0 amide bonds. The van der Waals surface area contributed by atoms with Crippen LogP contribution in [0.5, 0.6) is 0 Å². The molecular weight excluding hydrogens is 262 g/mol. The predicted octanol–water partition coefficient (Wildman–Crippen LogP) is 1.59. The van der Waals surface area contributed by atoms with Crippen LogP contribution in [0.2, 0.25) is 0 Å². The first-order chi connectivity index (χ1) is 9.12. The van der Waals surface area contributed by atoms with Gasteiger partial charge in [0.25, 0.3) is 0 Å². The molecule has 2 aromatic rings. The number of nitrogens with zero attached hydrogens (tertiary/aromatic N) is 1. The monoisotopic (exact) mass is 279 g/mol. The lowest BCUT2D eigenvalue weighted by Crippen LogP contribution is -2.26. The topological polar surface area (TPSA) is 71.1 Å². The number of hydrogen-bond donors (Lipinski definition) is 2. The highest BCUT2D eigenvalue weighted by atomic mass is 32.2. The van der Waals surface area contributed by atoms with Gasteiger partial charge in [0, 0.05) is 18.1 Å². The number of anilines is 1. The highest BCUT2D eigenvalue weighted by molar-refractivity contribution is 7.92. The van der Waals surface area contributed by atoms with Gasteiger partial charge >= 0.3 is 0 Å². The van der Waals surface area contributed by atoms with Crippen LogP contribution in [-0.4, -0.2) is 32.2 Å². The number of nitrogens with one attached hydrogen (secondary N) is 2. The van der Waals surface area contributed by atoms with Crippen molar-refractivity contribution in [2.75, 3.05) is 23.6 Å². The smallest absolute Gasteiger partial charge is 0.233 e. The zero-order chi connectivity index (χ0) is 13.7. The average Bonchev–Trinajstić information content (AvgIpc) is 2.39. The maximum atomic E-state index is 11.9. The van der Waals surface area contributed by atoms with Crippen molar-refractivity contribution in [3.05, 3.63) is 36.5 Å². The van der Waals surface area contributed by atoms with E-state index in [1.165, 1.54) is 0 Å². The number of fused-ring (bicyclic) bond motifs is 1. The van der Waals surface area contributed by atoms with E-state index in [0.717, 1.165) is 17.4 Å². The Bertz CT molecular complexity index is 650. The van der Waals surface area contributed by atoms with E-state index in [2.05, 4.69) is 15.0 Å². The summed E-state index contributed by atoms with van der Waals surface area (Å²) in [5, 5.41) is 3.80. The van der Waals surface area contributed by atoms with E-state index in [1.807, 2.05) is 19.1 Å². The van der Waals surface area contributed by atoms with E-state index in [0.29, 0.717) is 12.2 Å². The summed E-state index contributed by atoms with van der Waals surface area (Å²) < 4.78 is 26.5. The van der Waals surface area contributed by atoms with Gasteiger partial charge < -0.3 is 5.32 Å². The summed E-state index contributed by atoms with van der Waals surface area (Å²) in [7, 11) is -3.34. The second-order valence-electron chi connectivity index (χ2n) is 4.15. The van der Waals surface area contributed by atoms with Gasteiger partial charge in [0.1, 0.15) is 0 Å². The molecule has 0 radical (unpaired) electrons. The Morgan fingerprint density at radius 3 is 2.84 bits per heavy atom. The molecular formula is C13H17N3O2S. The minimum Gasteiger partial charge on any atom is -0.316 e. The van der Waals surface area contributed by atoms with Gasteiger partial charge in [-0.3, -0.25) is 9.71 Å². The van der Waals surface area contributed by atoms with Gasteiger partial charge in [0.15, 0.2) is 0 Å². The molecule has 0 aliphatic rings. The SMILES string of the molecule is CCNCCS(=O)(=O)Nc1cccc2ncccc12. The van der Waals surface area contributed by atoms with Gasteiger partial charge in [-0.05, 0) is 30.8 Å². The molecule has 0 bridgehead atoms. The summed E-state index contributed by atoms with van der Waals surface area (Å²) in [5.41, 5.74) is 1.34. The molecule has 2 N–H and O–H groups in total. The Hall–Kier alpha value is -1.66. The Balaban J connectivity index is 2.21. The summed E-state index contributed by atoms with van der Waals surface area (Å²) >= 11 is 0. The van der Waals surface area contributed by atoms with Crippen LogP contribution in [0.25, 0.3) is 10.9 Å². The molecule has 0 aliphatic carbocycles. The fraction of sp³-hybridized carbons (Fsp3) is 0.308. The second kappa shape index (κ2) is 5.99. The van der Waals surface area contributed by atoms with Crippen LogP contribution >= 0.6 is 0 Å². The highest BCUT2D eigenvalue weighted by Gasteiger charge is 2.11. The highest BCUT2D eigenvalue weighted by Crippen LogP contribution is 2.22. The maximum Gasteiger partial charge on any atom is 0.233 e. The summed E-state index contributed by atoms with van der Waals surface area (Å²) in [6.07, 6.45) is 1.69. The van der Waals surface area contributed by atoms with Crippen molar-refractivity contribution in [3.8, 4) is 0 Å². The van der Waals surface area contributed by atoms with Crippen LogP contribution in [0.15, 0.2) is 36.5 Å². The number of pyridine rings is 1. The van der Waals surface area contributed by atoms with E-state index >= 15 is 0 Å². The van der Waals surface area contributed by atoms with Gasteiger partial charge in [-0.15, -0.1) is 0 Å². The fourth-order valence-electron chi connectivity index (χ4n) is 1.79. The Morgan fingerprint density at radius 1 is 1.21 bits per heavy atom. The molecule has 2 rings (SSSR count). The Morgan fingerprint density at radius 2 is 2.05 bits per heavy atom. The van der Waals surface area contributed by atoms with E-state index in [4.69, 9.17) is 0 Å². The van der Waals surface area contributed by atoms with Crippen molar-refractivity contribution in [2.45, 2.75) is 6.92 Å². The molecule has 5 nitrogen and oxygen atoms in total. The maximum absolute atomic E-state index is 11.9. The first-order valence-electron chi connectivity index (χ1n) is 6.17. The molecule has 1 heterocycles. The van der Waals surface area contributed by atoms with Crippen molar-refractivity contribution >= 4 is 26.6 Å². The van der Waals surface area contributed by atoms with Crippen molar-refractivity contribution in [3.63, 3.8) is 0 Å². The van der Waals surface area contributed by atoms with E-state index in [1.54, 1.807) is 24.4 Å². The molecule has 0 fully saturated rings. The Kier molecular flexibility index (Phi) is 4.34. The number of hydrogen-bond acceptors (Lipinski definition) is 4. The molecule has 6 heteroatoms. The molecule has 102 valence electrons. The number of sulfonamides is 1. The minimum atomic E-state index is -3.34. The molecule has 0 saturated carbocycles. The lowest BCUT2D eigenvalue weighted by Gasteiger charge is -2.10. The standard InChI is InChI=1S/C13H17N3O2S/c1-2-14-9-10-19(17,18)16-13-7-3-6-12-11(13)5-4-8-15-12/h3-8,14,16H,2,9-10H2,1H3. The second-order valence-corrected chi connectivity index (χ2v) is 5.99. The van der Waals surface area contributed by atoms with Crippen molar-refractivity contribution in [1.82, 2.24) is 10.3 Å². The van der Waals surface area contributed by atoms with Gasteiger partial charge in [0.05, 0.1) is 17.0 Å². The lowest BCUT2D eigenvalue weighted by atomic mass is 10.2. The summed E-state index contributed by atoms with van der Waals surface area (Å²) in [5.74, 6) is 0.0531. The first-order valence-corrected chi connectivity index (χ1v) is 7.82. The molecule has 1 aromatic carbocycles. The van der Waals surface area contributed by atoms with Crippen molar-refractivity contribution in [1.29, 1.82) is 0 Å². The van der Waals surface area contributed by atoms with Gasteiger partial charge in [-0.1, -0.05) is 13.0 Å². The quantitative estimate of drug-likeness (QED) is 0.788. The number of rotatable bonds is 6. The molecule has 0 spiro atoms. The van der Waals surface area contributed by atoms with Crippen LogP contribution in [0.1, 0.15) is 6.92 Å². The van der Waals surface area contributed by atoms with E-state index in [9.17, 15) is 8.42 Å². The van der Waals surface area contributed by atoms with E-state index in [-0.39, 0.29) is 5.75 Å². The van der Waals surface area contributed by atoms with Crippen molar-refractivity contribution in [2.24, 2.45) is 0 Å². The summed E-state index contributed by atoms with van der Waals surface area (Å²) in [6.45, 7) is 3.14. The lowest BCUT2D eigenvalue weighted by molar-refractivity contribution is 0.597. The fourth-order valence-corrected chi connectivity index (χ4v) is 2.82. The van der Waals surface area contributed by atoms with Crippen LogP contribution in [0.3, 0.4) is 0 Å². The number of benzene rings is 1. The van der Waals surface area contributed by atoms with Crippen LogP contribution in [0.4, 0.5) is 5.69 Å². The van der Waals surface area contributed by atoms with Crippen LogP contribution in [-0.2, 0) is 10.0 Å². The predicted molar refractivity (Wildman–Crippen MR) is 77.7 cm³/mol. The molecule has 19 heavy (non-hydrogen) atoms. The molecule has 1 aromatic heterocycles.